The number of rotatable bonds is 5. The largest absolute Gasteiger partial charge is 0.325 e. The normalized spacial score (nSPS) is 11.2. The highest BCUT2D eigenvalue weighted by Gasteiger charge is 2.17. The monoisotopic (exact) mass is 322 g/mol. The summed E-state index contributed by atoms with van der Waals surface area (Å²) >= 11 is 0. The number of nitrogens with one attached hydrogen (secondary N) is 2. The zero-order valence-electron chi connectivity index (χ0n) is 11.8. The molecule has 2 aromatic carbocycles. The number of aryl methyl sites for hydroxylation is 1. The Morgan fingerprint density at radius 1 is 1.09 bits per heavy atom. The molecule has 0 saturated carbocycles. The molecule has 0 aliphatic heterocycles. The molecule has 2 aromatic rings. The van der Waals surface area contributed by atoms with Crippen molar-refractivity contribution < 1.29 is 17.6 Å². The van der Waals surface area contributed by atoms with Crippen LogP contribution in [0.25, 0.3) is 0 Å². The Kier molecular flexibility index (Phi) is 4.89. The van der Waals surface area contributed by atoms with Crippen molar-refractivity contribution in [3.8, 4) is 0 Å². The van der Waals surface area contributed by atoms with E-state index in [0.717, 1.165) is 0 Å². The van der Waals surface area contributed by atoms with Crippen molar-refractivity contribution in [3.63, 3.8) is 0 Å². The predicted molar refractivity (Wildman–Crippen MR) is 81.4 cm³/mol. The Labute approximate surface area is 128 Å². The van der Waals surface area contributed by atoms with Crippen LogP contribution in [0.5, 0.6) is 0 Å². The molecule has 116 valence electrons. The SMILES string of the molecule is Cc1ccccc1S(=O)(=O)NCC(=O)Nc1ccc(F)cc1. The highest BCUT2D eigenvalue weighted by molar-refractivity contribution is 7.89. The topological polar surface area (TPSA) is 75.3 Å². The average Bonchev–Trinajstić information content (AvgIpc) is 2.48. The van der Waals surface area contributed by atoms with E-state index in [0.29, 0.717) is 11.3 Å². The molecule has 0 aromatic heterocycles. The number of sulfonamides is 1. The first-order valence-electron chi connectivity index (χ1n) is 6.49. The summed E-state index contributed by atoms with van der Waals surface area (Å²) in [5.74, 6) is -0.956. The standard InChI is InChI=1S/C15H15FN2O3S/c1-11-4-2-3-5-14(11)22(20,21)17-10-15(19)18-13-8-6-12(16)7-9-13/h2-9,17H,10H2,1H3,(H,18,19). The van der Waals surface area contributed by atoms with Crippen molar-refractivity contribution in [1.29, 1.82) is 0 Å². The number of hydrogen-bond donors (Lipinski definition) is 2. The first kappa shape index (κ1) is 16.1. The van der Waals surface area contributed by atoms with Crippen LogP contribution in [-0.4, -0.2) is 20.9 Å². The van der Waals surface area contributed by atoms with Crippen LogP contribution < -0.4 is 10.0 Å². The third kappa shape index (κ3) is 4.12. The molecular weight excluding hydrogens is 307 g/mol. The van der Waals surface area contributed by atoms with Gasteiger partial charge in [0.25, 0.3) is 0 Å². The molecule has 22 heavy (non-hydrogen) atoms. The van der Waals surface area contributed by atoms with Crippen molar-refractivity contribution in [2.75, 3.05) is 11.9 Å². The Bertz CT molecular complexity index is 774. The molecule has 5 nitrogen and oxygen atoms in total. The van der Waals surface area contributed by atoms with Crippen molar-refractivity contribution in [3.05, 3.63) is 59.9 Å². The highest BCUT2D eigenvalue weighted by atomic mass is 32.2. The molecule has 0 atom stereocenters. The maximum absolute atomic E-state index is 12.7. The van der Waals surface area contributed by atoms with Gasteiger partial charge < -0.3 is 5.32 Å². The first-order chi connectivity index (χ1) is 10.4. The minimum absolute atomic E-state index is 0.129. The molecule has 7 heteroatoms. The third-order valence-electron chi connectivity index (χ3n) is 2.93. The molecule has 2 N–H and O–H groups in total. The fourth-order valence-corrected chi connectivity index (χ4v) is 3.06. The average molecular weight is 322 g/mol. The lowest BCUT2D eigenvalue weighted by Gasteiger charge is -2.09. The van der Waals surface area contributed by atoms with Crippen LogP contribution in [0.3, 0.4) is 0 Å². The van der Waals surface area contributed by atoms with Crippen molar-refractivity contribution in [1.82, 2.24) is 4.72 Å². The molecular formula is C15H15FN2O3S. The fraction of sp³-hybridized carbons (Fsp3) is 0.133. The van der Waals surface area contributed by atoms with Gasteiger partial charge in [-0.15, -0.1) is 0 Å². The van der Waals surface area contributed by atoms with Gasteiger partial charge >= 0.3 is 0 Å². The van der Waals surface area contributed by atoms with Gasteiger partial charge in [0.1, 0.15) is 5.82 Å². The summed E-state index contributed by atoms with van der Waals surface area (Å²) in [5.41, 5.74) is 0.982. The molecule has 0 aliphatic carbocycles. The molecule has 0 bridgehead atoms. The van der Waals surface area contributed by atoms with E-state index in [1.165, 1.54) is 30.3 Å². The maximum Gasteiger partial charge on any atom is 0.241 e. The zero-order valence-corrected chi connectivity index (χ0v) is 12.7. The number of amides is 1. The van der Waals surface area contributed by atoms with Crippen LogP contribution in [0.1, 0.15) is 5.56 Å². The zero-order chi connectivity index (χ0) is 16.2. The van der Waals surface area contributed by atoms with Crippen molar-refractivity contribution in [2.24, 2.45) is 0 Å². The van der Waals surface area contributed by atoms with Gasteiger partial charge in [-0.3, -0.25) is 4.79 Å². The van der Waals surface area contributed by atoms with E-state index < -0.39 is 28.3 Å². The van der Waals surface area contributed by atoms with Gasteiger partial charge in [-0.25, -0.2) is 17.5 Å². The van der Waals surface area contributed by atoms with E-state index in [-0.39, 0.29) is 4.90 Å². The molecule has 0 radical (unpaired) electrons. The number of benzene rings is 2. The van der Waals surface area contributed by atoms with Gasteiger partial charge in [-0.2, -0.15) is 0 Å². The van der Waals surface area contributed by atoms with E-state index in [4.69, 9.17) is 0 Å². The minimum atomic E-state index is -3.76. The number of anilines is 1. The molecule has 2 rings (SSSR count). The molecule has 0 fully saturated rings. The van der Waals surface area contributed by atoms with Gasteiger partial charge in [0.15, 0.2) is 0 Å². The minimum Gasteiger partial charge on any atom is -0.325 e. The van der Waals surface area contributed by atoms with Gasteiger partial charge in [0, 0.05) is 5.69 Å². The van der Waals surface area contributed by atoms with Gasteiger partial charge in [0.05, 0.1) is 11.4 Å². The fourth-order valence-electron chi connectivity index (χ4n) is 1.83. The Morgan fingerprint density at radius 2 is 1.73 bits per heavy atom. The quantitative estimate of drug-likeness (QED) is 0.884. The maximum atomic E-state index is 12.7. The third-order valence-corrected chi connectivity index (χ3v) is 4.50. The van der Waals surface area contributed by atoms with E-state index in [1.807, 2.05) is 0 Å². The van der Waals surface area contributed by atoms with Gasteiger partial charge in [-0.05, 0) is 42.8 Å². The van der Waals surface area contributed by atoms with E-state index in [1.54, 1.807) is 25.1 Å². The van der Waals surface area contributed by atoms with E-state index in [2.05, 4.69) is 10.0 Å². The van der Waals surface area contributed by atoms with Gasteiger partial charge in [-0.1, -0.05) is 18.2 Å². The molecule has 0 unspecified atom stereocenters. The molecule has 0 heterocycles. The van der Waals surface area contributed by atoms with Crippen molar-refractivity contribution >= 4 is 21.6 Å². The smallest absolute Gasteiger partial charge is 0.241 e. The van der Waals surface area contributed by atoms with Crippen LogP contribution >= 0.6 is 0 Å². The van der Waals surface area contributed by atoms with Crippen molar-refractivity contribution in [2.45, 2.75) is 11.8 Å². The van der Waals surface area contributed by atoms with Crippen LogP contribution in [-0.2, 0) is 14.8 Å². The number of halogens is 1. The molecule has 0 spiro atoms. The van der Waals surface area contributed by atoms with Crippen LogP contribution in [0.15, 0.2) is 53.4 Å². The predicted octanol–water partition coefficient (Wildman–Crippen LogP) is 2.05. The Balaban J connectivity index is 1.98. The summed E-state index contributed by atoms with van der Waals surface area (Å²) in [6.07, 6.45) is 0. The van der Waals surface area contributed by atoms with Crippen LogP contribution in [0, 0.1) is 12.7 Å². The lowest BCUT2D eigenvalue weighted by molar-refractivity contribution is -0.115. The second-order valence-electron chi connectivity index (χ2n) is 4.65. The number of carbonyl (C=O) groups is 1. The van der Waals surface area contributed by atoms with Crippen LogP contribution in [0.4, 0.5) is 10.1 Å². The van der Waals surface area contributed by atoms with Crippen LogP contribution in [0.2, 0.25) is 0 Å². The first-order valence-corrected chi connectivity index (χ1v) is 7.97. The Morgan fingerprint density at radius 3 is 2.36 bits per heavy atom. The highest BCUT2D eigenvalue weighted by Crippen LogP contribution is 2.13. The summed E-state index contributed by atoms with van der Waals surface area (Å²) in [4.78, 5) is 11.9. The number of hydrogen-bond acceptors (Lipinski definition) is 3. The summed E-state index contributed by atoms with van der Waals surface area (Å²) in [5, 5.41) is 2.48. The molecule has 0 aliphatic rings. The molecule has 0 saturated heterocycles. The second kappa shape index (κ2) is 6.67. The van der Waals surface area contributed by atoms with E-state index >= 15 is 0 Å². The Hall–Kier alpha value is -2.25. The van der Waals surface area contributed by atoms with E-state index in [9.17, 15) is 17.6 Å². The summed E-state index contributed by atoms with van der Waals surface area (Å²) < 4.78 is 39.2. The second-order valence-corrected chi connectivity index (χ2v) is 6.38. The molecule has 1 amide bonds. The lowest BCUT2D eigenvalue weighted by atomic mass is 10.2. The number of carbonyl (C=O) groups excluding carboxylic acids is 1. The summed E-state index contributed by atoms with van der Waals surface area (Å²) in [6.45, 7) is 1.27. The van der Waals surface area contributed by atoms with Gasteiger partial charge in [0.2, 0.25) is 15.9 Å². The summed E-state index contributed by atoms with van der Waals surface area (Å²) in [6, 6.07) is 11.7. The summed E-state index contributed by atoms with van der Waals surface area (Å²) in [7, 11) is -3.76. The lowest BCUT2D eigenvalue weighted by Crippen LogP contribution is -2.33.